The van der Waals surface area contributed by atoms with Crippen LogP contribution in [0, 0.1) is 0 Å². The van der Waals surface area contributed by atoms with Crippen LogP contribution in [0.1, 0.15) is 0 Å². The van der Waals surface area contributed by atoms with E-state index in [1.807, 2.05) is 0 Å². The van der Waals surface area contributed by atoms with Crippen LogP contribution in [0.3, 0.4) is 0 Å². The molecule has 1 heterocycles. The second-order valence-electron chi connectivity index (χ2n) is 2.32. The first-order chi connectivity index (χ1) is 3.93. The Morgan fingerprint density at radius 2 is 2.00 bits per heavy atom. The van der Waals surface area contributed by atoms with Crippen LogP contribution in [-0.2, 0) is 0 Å². The second kappa shape index (κ2) is 3.57. The molecule has 0 unspecified atom stereocenters. The Balaban J connectivity index is 2.10. The van der Waals surface area contributed by atoms with Crippen molar-refractivity contribution in [2.45, 2.75) is 12.5 Å². The first-order valence-electron chi connectivity index (χ1n) is 3.19. The molecule has 1 N–H and O–H groups in total. The van der Waals surface area contributed by atoms with E-state index in [0.717, 1.165) is 0 Å². The quantitative estimate of drug-likeness (QED) is 0.681. The summed E-state index contributed by atoms with van der Waals surface area (Å²) in [6.45, 7) is 0.447. The molecule has 2 heteroatoms. The molecule has 0 radical (unpaired) electrons. The van der Waals surface area contributed by atoms with Crippen molar-refractivity contribution in [2.24, 2.45) is 0 Å². The molecule has 0 saturated carbocycles. The molecule has 1 aliphatic rings. The molecule has 0 atom stereocenters. The topological polar surface area (TPSA) is 20.2 Å². The summed E-state index contributed by atoms with van der Waals surface area (Å²) >= 11 is -1.05. The van der Waals surface area contributed by atoms with Crippen molar-refractivity contribution in [1.29, 1.82) is 0 Å². The fourth-order valence-electron chi connectivity index (χ4n) is 1.09. The van der Waals surface area contributed by atoms with Crippen LogP contribution in [-0.4, -0.2) is 33.2 Å². The maximum atomic E-state index is 8.55. The molecule has 0 saturated heterocycles. The van der Waals surface area contributed by atoms with Crippen LogP contribution < -0.4 is 0 Å². The maximum absolute atomic E-state index is 8.55. The van der Waals surface area contributed by atoms with E-state index >= 15 is 0 Å². The van der Waals surface area contributed by atoms with Gasteiger partial charge in [0.2, 0.25) is 0 Å². The van der Waals surface area contributed by atoms with Crippen molar-refractivity contribution in [2.75, 3.05) is 6.61 Å². The Kier molecular flexibility index (Phi) is 2.98. The molecule has 0 bridgehead atoms. The molecular weight excluding hydrogens is 203 g/mol. The molecule has 0 aromatic heterocycles. The zero-order chi connectivity index (χ0) is 5.82. The Hall–Kier alpha value is 0.570. The van der Waals surface area contributed by atoms with Crippen LogP contribution in [0.4, 0.5) is 0 Å². The second-order valence-corrected chi connectivity index (χ2v) is 11.6. The summed E-state index contributed by atoms with van der Waals surface area (Å²) in [7, 11) is 0. The van der Waals surface area contributed by atoms with E-state index in [1.54, 1.807) is 0 Å². The summed E-state index contributed by atoms with van der Waals surface area (Å²) in [5, 5.41) is 8.55. The molecule has 0 fully saturated rings. The first kappa shape index (κ1) is 6.69. The van der Waals surface area contributed by atoms with Crippen LogP contribution in [0.5, 0.6) is 0 Å². The summed E-state index contributed by atoms with van der Waals surface area (Å²) in [5.74, 6) is 0. The molecule has 0 spiro atoms. The Morgan fingerprint density at radius 1 is 1.38 bits per heavy atom. The third kappa shape index (κ3) is 1.82. The van der Waals surface area contributed by atoms with Gasteiger partial charge in [-0.25, -0.2) is 0 Å². The summed E-state index contributed by atoms with van der Waals surface area (Å²) in [6.07, 6.45) is 4.58. The van der Waals surface area contributed by atoms with E-state index in [-0.39, 0.29) is 0 Å². The standard InChI is InChI=1S/C4H6.C2H5O.In/c1-3-4-2;1-2-3;/h3-4H,1-2H2;3H,1-2H2;. The van der Waals surface area contributed by atoms with Gasteiger partial charge in [-0.2, -0.15) is 0 Å². The summed E-state index contributed by atoms with van der Waals surface area (Å²) in [5.41, 5.74) is 0. The number of aliphatic hydroxyl groups excluding tert-OH is 1. The minimum absolute atomic E-state index is 0.447. The van der Waals surface area contributed by atoms with E-state index in [0.29, 0.717) is 6.61 Å². The summed E-state index contributed by atoms with van der Waals surface area (Å²) < 4.78 is 3.97. The van der Waals surface area contributed by atoms with Crippen molar-refractivity contribution in [3.05, 3.63) is 12.2 Å². The Morgan fingerprint density at radius 3 is 2.50 bits per heavy atom. The molecular formula is C6H11InO. The predicted octanol–water partition coefficient (Wildman–Crippen LogP) is 1.04. The van der Waals surface area contributed by atoms with Gasteiger partial charge in [0.1, 0.15) is 0 Å². The normalized spacial score (nSPS) is 17.9. The molecule has 0 amide bonds. The summed E-state index contributed by atoms with van der Waals surface area (Å²) in [6, 6.07) is 0. The van der Waals surface area contributed by atoms with Crippen molar-refractivity contribution >= 4 is 21.4 Å². The average Bonchev–Trinajstić information content (AvgIpc) is 2.19. The number of aliphatic hydroxyl groups is 1. The third-order valence-corrected chi connectivity index (χ3v) is 10.1. The van der Waals surface area contributed by atoms with Crippen molar-refractivity contribution in [3.8, 4) is 0 Å². The summed E-state index contributed by atoms with van der Waals surface area (Å²) in [4.78, 5) is 0. The molecule has 44 valence electrons. The number of rotatable bonds is 2. The van der Waals surface area contributed by atoms with Gasteiger partial charge in [-0.3, -0.25) is 0 Å². The van der Waals surface area contributed by atoms with E-state index in [2.05, 4.69) is 12.2 Å². The number of allylic oxidation sites excluding steroid dienone is 2. The molecule has 0 aromatic rings. The average molecular weight is 214 g/mol. The van der Waals surface area contributed by atoms with Gasteiger partial charge in [0.05, 0.1) is 0 Å². The van der Waals surface area contributed by atoms with Gasteiger partial charge in [0, 0.05) is 0 Å². The molecule has 1 nitrogen and oxygen atoms in total. The van der Waals surface area contributed by atoms with Gasteiger partial charge in [-0.05, 0) is 0 Å². The third-order valence-electron chi connectivity index (χ3n) is 1.64. The van der Waals surface area contributed by atoms with Gasteiger partial charge >= 0.3 is 57.8 Å². The van der Waals surface area contributed by atoms with Gasteiger partial charge < -0.3 is 0 Å². The fourth-order valence-corrected chi connectivity index (χ4v) is 7.32. The Bertz CT molecular complexity index is 82.5. The number of hydrogen-bond donors (Lipinski definition) is 1. The SMILES string of the molecule is OC[CH2][In]1[CH2]C=C[CH2]1. The molecule has 0 aliphatic carbocycles. The Labute approximate surface area is 57.9 Å². The van der Waals surface area contributed by atoms with E-state index in [4.69, 9.17) is 5.11 Å². The monoisotopic (exact) mass is 214 g/mol. The van der Waals surface area contributed by atoms with Gasteiger partial charge in [0.15, 0.2) is 0 Å². The first-order valence-corrected chi connectivity index (χ1v) is 10.2. The van der Waals surface area contributed by atoms with Crippen molar-refractivity contribution < 1.29 is 5.11 Å². The predicted molar refractivity (Wildman–Crippen MR) is 36.4 cm³/mol. The molecule has 0 aromatic carbocycles. The molecule has 1 rings (SSSR count). The van der Waals surface area contributed by atoms with Crippen molar-refractivity contribution in [1.82, 2.24) is 0 Å². The van der Waals surface area contributed by atoms with Crippen molar-refractivity contribution in [3.63, 3.8) is 0 Å². The van der Waals surface area contributed by atoms with Crippen LogP contribution in [0.2, 0.25) is 12.5 Å². The minimum atomic E-state index is -1.05. The van der Waals surface area contributed by atoms with Crippen LogP contribution in [0.15, 0.2) is 12.2 Å². The van der Waals surface area contributed by atoms with Gasteiger partial charge in [0.25, 0.3) is 0 Å². The van der Waals surface area contributed by atoms with Crippen LogP contribution in [0.25, 0.3) is 0 Å². The zero-order valence-corrected chi connectivity index (χ0v) is 8.30. The van der Waals surface area contributed by atoms with E-state index < -0.39 is 21.4 Å². The zero-order valence-electron chi connectivity index (χ0n) is 5.01. The molecule has 8 heavy (non-hydrogen) atoms. The number of hydrogen-bond acceptors (Lipinski definition) is 1. The van der Waals surface area contributed by atoms with Gasteiger partial charge in [-0.15, -0.1) is 0 Å². The van der Waals surface area contributed by atoms with E-state index in [1.165, 1.54) is 12.5 Å². The molecule has 1 aliphatic heterocycles. The van der Waals surface area contributed by atoms with E-state index in [9.17, 15) is 0 Å². The van der Waals surface area contributed by atoms with Gasteiger partial charge in [-0.1, -0.05) is 0 Å². The fraction of sp³-hybridized carbons (Fsp3) is 0.667. The van der Waals surface area contributed by atoms with Crippen LogP contribution >= 0.6 is 0 Å².